The number of nitrogens with one attached hydrogen (secondary N) is 1. The highest BCUT2D eigenvalue weighted by molar-refractivity contribution is 5.93. The van der Waals surface area contributed by atoms with Crippen molar-refractivity contribution in [1.29, 1.82) is 0 Å². The molecule has 22 heavy (non-hydrogen) atoms. The van der Waals surface area contributed by atoms with Crippen LogP contribution in [0.4, 0.5) is 5.69 Å². The number of hydrogen-bond acceptors (Lipinski definition) is 4. The number of carbonyl (C=O) groups excluding carboxylic acids is 1. The lowest BCUT2D eigenvalue weighted by molar-refractivity contribution is -0.120. The normalized spacial score (nSPS) is 20.7. The van der Waals surface area contributed by atoms with Gasteiger partial charge in [-0.2, -0.15) is 0 Å². The van der Waals surface area contributed by atoms with Gasteiger partial charge in [-0.1, -0.05) is 6.42 Å². The first-order valence-corrected chi connectivity index (χ1v) is 7.51. The van der Waals surface area contributed by atoms with Crippen LogP contribution in [-0.2, 0) is 4.79 Å². The van der Waals surface area contributed by atoms with Crippen LogP contribution in [0, 0.1) is 5.92 Å². The van der Waals surface area contributed by atoms with Gasteiger partial charge < -0.3 is 20.5 Å². The summed E-state index contributed by atoms with van der Waals surface area (Å²) in [7, 11) is 1.60. The molecule has 1 aliphatic rings. The van der Waals surface area contributed by atoms with E-state index < -0.39 is 0 Å². The van der Waals surface area contributed by atoms with Crippen molar-refractivity contribution in [3.8, 4) is 11.5 Å². The molecule has 2 unspecified atom stereocenters. The van der Waals surface area contributed by atoms with E-state index in [9.17, 15) is 4.79 Å². The van der Waals surface area contributed by atoms with Gasteiger partial charge in [0.15, 0.2) is 11.5 Å². The van der Waals surface area contributed by atoms with Crippen LogP contribution >= 0.6 is 12.4 Å². The number of anilines is 1. The molecule has 5 nitrogen and oxygen atoms in total. The van der Waals surface area contributed by atoms with E-state index in [1.54, 1.807) is 19.2 Å². The molecule has 1 aromatic carbocycles. The van der Waals surface area contributed by atoms with Crippen LogP contribution in [0.25, 0.3) is 0 Å². The Labute approximate surface area is 138 Å². The van der Waals surface area contributed by atoms with Crippen molar-refractivity contribution in [2.24, 2.45) is 11.7 Å². The van der Waals surface area contributed by atoms with Gasteiger partial charge in [0.2, 0.25) is 5.91 Å². The van der Waals surface area contributed by atoms with E-state index in [1.165, 1.54) is 0 Å². The molecule has 2 rings (SSSR count). The Balaban J connectivity index is 0.00000242. The SMILES string of the molecule is CCOc1cc(NC(=O)C2CCCC(N)C2)ccc1OC.Cl. The van der Waals surface area contributed by atoms with E-state index in [0.717, 1.165) is 31.4 Å². The van der Waals surface area contributed by atoms with Crippen LogP contribution in [0.5, 0.6) is 11.5 Å². The minimum Gasteiger partial charge on any atom is -0.493 e. The lowest BCUT2D eigenvalue weighted by atomic mass is 9.85. The van der Waals surface area contributed by atoms with E-state index in [1.807, 2.05) is 13.0 Å². The van der Waals surface area contributed by atoms with Crippen LogP contribution in [-0.4, -0.2) is 25.7 Å². The zero-order valence-electron chi connectivity index (χ0n) is 13.1. The molecular weight excluding hydrogens is 304 g/mol. The van der Waals surface area contributed by atoms with Gasteiger partial charge in [-0.25, -0.2) is 0 Å². The van der Waals surface area contributed by atoms with Crippen molar-refractivity contribution in [3.63, 3.8) is 0 Å². The number of methoxy groups -OCH3 is 1. The van der Waals surface area contributed by atoms with Crippen molar-refractivity contribution < 1.29 is 14.3 Å². The highest BCUT2D eigenvalue weighted by Gasteiger charge is 2.25. The molecule has 2 atom stereocenters. The van der Waals surface area contributed by atoms with Crippen molar-refractivity contribution in [2.45, 2.75) is 38.6 Å². The summed E-state index contributed by atoms with van der Waals surface area (Å²) in [6.45, 7) is 2.46. The van der Waals surface area contributed by atoms with Crippen molar-refractivity contribution in [1.82, 2.24) is 0 Å². The van der Waals surface area contributed by atoms with Crippen LogP contribution in [0.2, 0.25) is 0 Å². The maximum absolute atomic E-state index is 12.3. The Hall–Kier alpha value is -1.46. The van der Waals surface area contributed by atoms with E-state index >= 15 is 0 Å². The van der Waals surface area contributed by atoms with Crippen molar-refractivity contribution in [2.75, 3.05) is 19.0 Å². The molecule has 0 saturated heterocycles. The molecule has 1 aliphatic carbocycles. The summed E-state index contributed by atoms with van der Waals surface area (Å²) in [6, 6.07) is 5.56. The Morgan fingerprint density at radius 3 is 2.77 bits per heavy atom. The fraction of sp³-hybridized carbons (Fsp3) is 0.562. The summed E-state index contributed by atoms with van der Waals surface area (Å²) in [6.07, 6.45) is 3.71. The molecule has 0 aromatic heterocycles. The van der Waals surface area contributed by atoms with Crippen LogP contribution < -0.4 is 20.5 Å². The predicted octanol–water partition coefficient (Wildman–Crippen LogP) is 2.97. The number of halogens is 1. The number of rotatable bonds is 5. The Morgan fingerprint density at radius 2 is 2.14 bits per heavy atom. The number of nitrogens with two attached hydrogens (primary N) is 1. The van der Waals surface area contributed by atoms with Crippen molar-refractivity contribution >= 4 is 24.0 Å². The number of benzene rings is 1. The fourth-order valence-electron chi connectivity index (χ4n) is 2.73. The standard InChI is InChI=1S/C16H24N2O3.ClH/c1-3-21-15-10-13(7-8-14(15)20-2)18-16(19)11-5-4-6-12(17)9-11;/h7-8,10-12H,3-6,9,17H2,1-2H3,(H,18,19);1H. The molecule has 0 heterocycles. The second kappa shape index (κ2) is 8.86. The van der Waals surface area contributed by atoms with E-state index in [-0.39, 0.29) is 30.3 Å². The second-order valence-electron chi connectivity index (χ2n) is 5.41. The molecule has 0 spiro atoms. The molecule has 0 radical (unpaired) electrons. The Bertz CT molecular complexity index is 496. The monoisotopic (exact) mass is 328 g/mol. The number of carbonyl (C=O) groups is 1. The smallest absolute Gasteiger partial charge is 0.227 e. The Morgan fingerprint density at radius 1 is 1.36 bits per heavy atom. The number of ether oxygens (including phenoxy) is 2. The predicted molar refractivity (Wildman–Crippen MR) is 90.0 cm³/mol. The number of amides is 1. The number of hydrogen-bond donors (Lipinski definition) is 2. The van der Waals surface area contributed by atoms with Gasteiger partial charge in [-0.15, -0.1) is 12.4 Å². The molecule has 0 aliphatic heterocycles. The van der Waals surface area contributed by atoms with Gasteiger partial charge in [0.1, 0.15) is 0 Å². The average molecular weight is 329 g/mol. The summed E-state index contributed by atoms with van der Waals surface area (Å²) in [5.74, 6) is 1.34. The highest BCUT2D eigenvalue weighted by Crippen LogP contribution is 2.31. The van der Waals surface area contributed by atoms with Gasteiger partial charge in [0.25, 0.3) is 0 Å². The van der Waals surface area contributed by atoms with Gasteiger partial charge in [-0.05, 0) is 38.3 Å². The molecule has 6 heteroatoms. The lowest BCUT2D eigenvalue weighted by Crippen LogP contribution is -2.34. The second-order valence-corrected chi connectivity index (χ2v) is 5.41. The molecule has 1 amide bonds. The minimum absolute atomic E-state index is 0. The van der Waals surface area contributed by atoms with Crippen molar-refractivity contribution in [3.05, 3.63) is 18.2 Å². The summed E-state index contributed by atoms with van der Waals surface area (Å²) in [5.41, 5.74) is 6.67. The zero-order chi connectivity index (χ0) is 15.2. The summed E-state index contributed by atoms with van der Waals surface area (Å²) < 4.78 is 10.8. The maximum atomic E-state index is 12.3. The average Bonchev–Trinajstić information content (AvgIpc) is 2.48. The zero-order valence-corrected chi connectivity index (χ0v) is 13.9. The Kier molecular flexibility index (Phi) is 7.48. The molecule has 124 valence electrons. The maximum Gasteiger partial charge on any atom is 0.227 e. The third-order valence-corrected chi connectivity index (χ3v) is 3.82. The minimum atomic E-state index is 0. The lowest BCUT2D eigenvalue weighted by Gasteiger charge is -2.25. The van der Waals surface area contributed by atoms with E-state index in [0.29, 0.717) is 18.1 Å². The fourth-order valence-corrected chi connectivity index (χ4v) is 2.73. The summed E-state index contributed by atoms with van der Waals surface area (Å²) >= 11 is 0. The van der Waals surface area contributed by atoms with Gasteiger partial charge in [0.05, 0.1) is 13.7 Å². The van der Waals surface area contributed by atoms with Gasteiger partial charge in [-0.3, -0.25) is 4.79 Å². The third-order valence-electron chi connectivity index (χ3n) is 3.82. The first kappa shape index (κ1) is 18.6. The first-order chi connectivity index (χ1) is 10.1. The molecule has 0 bridgehead atoms. The van der Waals surface area contributed by atoms with Crippen LogP contribution in [0.1, 0.15) is 32.6 Å². The van der Waals surface area contributed by atoms with E-state index in [2.05, 4.69) is 5.32 Å². The largest absolute Gasteiger partial charge is 0.493 e. The topological polar surface area (TPSA) is 73.6 Å². The van der Waals surface area contributed by atoms with Gasteiger partial charge in [0, 0.05) is 23.7 Å². The highest BCUT2D eigenvalue weighted by atomic mass is 35.5. The third kappa shape index (κ3) is 4.78. The quantitative estimate of drug-likeness (QED) is 0.871. The molecule has 1 fully saturated rings. The molecule has 1 saturated carbocycles. The molecule has 1 aromatic rings. The molecule has 3 N–H and O–H groups in total. The van der Waals surface area contributed by atoms with Gasteiger partial charge >= 0.3 is 0 Å². The van der Waals surface area contributed by atoms with Crippen LogP contribution in [0.15, 0.2) is 18.2 Å². The first-order valence-electron chi connectivity index (χ1n) is 7.51. The van der Waals surface area contributed by atoms with E-state index in [4.69, 9.17) is 15.2 Å². The summed E-state index contributed by atoms with van der Waals surface area (Å²) in [5, 5.41) is 2.95. The summed E-state index contributed by atoms with van der Waals surface area (Å²) in [4.78, 5) is 12.3. The van der Waals surface area contributed by atoms with Crippen LogP contribution in [0.3, 0.4) is 0 Å². The molecular formula is C16H25ClN2O3.